The number of rotatable bonds is 6. The summed E-state index contributed by atoms with van der Waals surface area (Å²) in [6.07, 6.45) is 2.48. The minimum atomic E-state index is -0.293. The molecule has 0 atom stereocenters. The second-order valence-corrected chi connectivity index (χ2v) is 8.36. The van der Waals surface area contributed by atoms with Crippen LogP contribution in [0.2, 0.25) is 0 Å². The normalized spacial score (nSPS) is 13.3. The van der Waals surface area contributed by atoms with Gasteiger partial charge in [-0.15, -0.1) is 0 Å². The summed E-state index contributed by atoms with van der Waals surface area (Å²) in [7, 11) is 1.58. The minimum Gasteiger partial charge on any atom is -0.489 e. The van der Waals surface area contributed by atoms with E-state index in [2.05, 4.69) is 34.7 Å². The second-order valence-electron chi connectivity index (χ2n) is 8.36. The zero-order valence-corrected chi connectivity index (χ0v) is 18.4. The largest absolute Gasteiger partial charge is 0.489 e. The summed E-state index contributed by atoms with van der Waals surface area (Å²) < 4.78 is 8.70. The summed E-state index contributed by atoms with van der Waals surface area (Å²) in [6.45, 7) is 4.36. The average Bonchev–Trinajstić information content (AvgIpc) is 3.60. The van der Waals surface area contributed by atoms with E-state index < -0.39 is 0 Å². The van der Waals surface area contributed by atoms with Gasteiger partial charge in [-0.1, -0.05) is 18.2 Å². The van der Waals surface area contributed by atoms with Crippen LogP contribution in [0.4, 0.5) is 0 Å². The quantitative estimate of drug-likeness (QED) is 0.463. The predicted octanol–water partition coefficient (Wildman–Crippen LogP) is 4.10. The van der Waals surface area contributed by atoms with Crippen LogP contribution in [0.5, 0.6) is 5.75 Å². The number of benzene rings is 2. The van der Waals surface area contributed by atoms with Crippen LogP contribution >= 0.6 is 0 Å². The Bertz CT molecular complexity index is 1350. The first-order valence-electron chi connectivity index (χ1n) is 10.8. The van der Waals surface area contributed by atoms with Crippen LogP contribution in [0.15, 0.2) is 59.4 Å². The highest BCUT2D eigenvalue weighted by Gasteiger charge is 2.25. The summed E-state index contributed by atoms with van der Waals surface area (Å²) in [5.41, 5.74) is 6.61. The second kappa shape index (κ2) is 8.07. The maximum Gasteiger partial charge on any atom is 0.368 e. The number of pyridine rings is 1. The van der Waals surface area contributed by atoms with Gasteiger partial charge < -0.3 is 4.74 Å². The molecule has 7 nitrogen and oxygen atoms in total. The molecular weight excluding hydrogens is 402 g/mol. The van der Waals surface area contributed by atoms with Crippen molar-refractivity contribution in [1.82, 2.24) is 24.8 Å². The van der Waals surface area contributed by atoms with Crippen molar-refractivity contribution in [1.29, 1.82) is 0 Å². The predicted molar refractivity (Wildman–Crippen MR) is 122 cm³/mol. The highest BCUT2D eigenvalue weighted by atomic mass is 16.5. The molecule has 5 rings (SSSR count). The molecule has 0 spiro atoms. The van der Waals surface area contributed by atoms with Gasteiger partial charge in [-0.05, 0) is 84.6 Å². The first-order valence-corrected chi connectivity index (χ1v) is 10.8. The Hall–Kier alpha value is -3.74. The molecule has 162 valence electrons. The van der Waals surface area contributed by atoms with Crippen molar-refractivity contribution in [2.75, 3.05) is 0 Å². The molecule has 0 unspecified atom stereocenters. The van der Waals surface area contributed by atoms with E-state index in [0.717, 1.165) is 33.7 Å². The highest BCUT2D eigenvalue weighted by molar-refractivity contribution is 5.62. The molecule has 2 aromatic heterocycles. The molecule has 32 heavy (non-hydrogen) atoms. The molecular formula is C25H25N5O2. The van der Waals surface area contributed by atoms with Gasteiger partial charge in [-0.2, -0.15) is 9.36 Å². The first-order chi connectivity index (χ1) is 15.5. The maximum atomic E-state index is 12.4. The first kappa shape index (κ1) is 20.2. The molecule has 0 N–H and O–H groups in total. The van der Waals surface area contributed by atoms with Gasteiger partial charge in [-0.25, -0.2) is 4.79 Å². The lowest BCUT2D eigenvalue weighted by molar-refractivity contribution is 0.302. The van der Waals surface area contributed by atoms with Gasteiger partial charge in [0.05, 0.1) is 11.4 Å². The number of aryl methyl sites for hydroxylation is 3. The molecule has 2 heterocycles. The third-order valence-electron chi connectivity index (χ3n) is 5.94. The number of hydrogen-bond acceptors (Lipinski definition) is 5. The van der Waals surface area contributed by atoms with Crippen molar-refractivity contribution in [3.63, 3.8) is 0 Å². The van der Waals surface area contributed by atoms with E-state index in [1.54, 1.807) is 7.05 Å². The fraction of sp³-hybridized carbons (Fsp3) is 0.280. The lowest BCUT2D eigenvalue weighted by Crippen LogP contribution is -2.23. The summed E-state index contributed by atoms with van der Waals surface area (Å²) in [4.78, 5) is 17.2. The standard InChI is InChI=1S/C25H25N5O2/c1-16-6-4-9-23(30-25(31)29(3)27-28-30)20(16)15-32-24-13-12-19(14-17(24)2)22-8-5-7-21(26-22)18-10-11-18/h4-9,12-14,18H,10-11,15H2,1-3H3. The third-order valence-corrected chi connectivity index (χ3v) is 5.94. The molecule has 4 aromatic rings. The van der Waals surface area contributed by atoms with E-state index in [1.807, 2.05) is 44.2 Å². The smallest absolute Gasteiger partial charge is 0.368 e. The Morgan fingerprint density at radius 2 is 1.81 bits per heavy atom. The van der Waals surface area contributed by atoms with E-state index in [-0.39, 0.29) is 5.69 Å². The van der Waals surface area contributed by atoms with Gasteiger partial charge >= 0.3 is 5.69 Å². The van der Waals surface area contributed by atoms with Crippen LogP contribution < -0.4 is 10.4 Å². The molecule has 7 heteroatoms. The van der Waals surface area contributed by atoms with E-state index in [9.17, 15) is 4.79 Å². The molecule has 2 aromatic carbocycles. The molecule has 0 radical (unpaired) electrons. The maximum absolute atomic E-state index is 12.4. The van der Waals surface area contributed by atoms with E-state index >= 15 is 0 Å². The Labute approximate surface area is 186 Å². The molecule has 0 aliphatic heterocycles. The summed E-state index contributed by atoms with van der Waals surface area (Å²) in [5, 5.41) is 7.81. The Kier molecular flexibility index (Phi) is 5.09. The Balaban J connectivity index is 1.40. The van der Waals surface area contributed by atoms with Crippen LogP contribution in [-0.2, 0) is 13.7 Å². The van der Waals surface area contributed by atoms with Gasteiger partial charge in [0.15, 0.2) is 0 Å². The highest BCUT2D eigenvalue weighted by Crippen LogP contribution is 2.39. The molecule has 1 aliphatic rings. The monoisotopic (exact) mass is 427 g/mol. The van der Waals surface area contributed by atoms with E-state index in [4.69, 9.17) is 9.72 Å². The fourth-order valence-electron chi connectivity index (χ4n) is 3.88. The molecule has 1 saturated carbocycles. The lowest BCUT2D eigenvalue weighted by atomic mass is 10.1. The number of hydrogen-bond donors (Lipinski definition) is 0. The van der Waals surface area contributed by atoms with Crippen molar-refractivity contribution >= 4 is 0 Å². The fourth-order valence-corrected chi connectivity index (χ4v) is 3.88. The zero-order chi connectivity index (χ0) is 22.2. The van der Waals surface area contributed by atoms with Crippen LogP contribution in [0, 0.1) is 13.8 Å². The number of tetrazole rings is 1. The summed E-state index contributed by atoms with van der Waals surface area (Å²) >= 11 is 0. The number of ether oxygens (including phenoxy) is 1. The van der Waals surface area contributed by atoms with Gasteiger partial charge in [0.2, 0.25) is 0 Å². The van der Waals surface area contributed by atoms with Crippen LogP contribution in [0.1, 0.15) is 41.1 Å². The van der Waals surface area contributed by atoms with E-state index in [0.29, 0.717) is 18.2 Å². The SMILES string of the molecule is Cc1cc(-c2cccc(C3CC3)n2)ccc1OCc1c(C)cccc1-n1nnn(C)c1=O. The van der Waals surface area contributed by atoms with Gasteiger partial charge in [0, 0.05) is 29.8 Å². The van der Waals surface area contributed by atoms with Crippen LogP contribution in [0.3, 0.4) is 0 Å². The molecule has 1 fully saturated rings. The molecule has 0 saturated heterocycles. The summed E-state index contributed by atoms with van der Waals surface area (Å²) in [6, 6.07) is 18.2. The van der Waals surface area contributed by atoms with Crippen molar-refractivity contribution in [2.45, 2.75) is 39.2 Å². The van der Waals surface area contributed by atoms with Crippen molar-refractivity contribution < 1.29 is 4.74 Å². The van der Waals surface area contributed by atoms with Crippen LogP contribution in [-0.4, -0.2) is 24.8 Å². The minimum absolute atomic E-state index is 0.293. The van der Waals surface area contributed by atoms with Gasteiger partial charge in [-0.3, -0.25) is 4.98 Å². The zero-order valence-electron chi connectivity index (χ0n) is 18.4. The Morgan fingerprint density at radius 3 is 2.53 bits per heavy atom. The Morgan fingerprint density at radius 1 is 1.00 bits per heavy atom. The van der Waals surface area contributed by atoms with Gasteiger partial charge in [0.25, 0.3) is 0 Å². The average molecular weight is 428 g/mol. The number of nitrogens with zero attached hydrogens (tertiary/aromatic N) is 5. The van der Waals surface area contributed by atoms with E-state index in [1.165, 1.54) is 27.9 Å². The molecule has 0 amide bonds. The van der Waals surface area contributed by atoms with Crippen molar-refractivity contribution in [2.24, 2.45) is 7.05 Å². The number of aromatic nitrogens is 5. The summed E-state index contributed by atoms with van der Waals surface area (Å²) in [5.74, 6) is 1.43. The topological polar surface area (TPSA) is 74.8 Å². The van der Waals surface area contributed by atoms with Gasteiger partial charge in [0.1, 0.15) is 12.4 Å². The lowest BCUT2D eigenvalue weighted by Gasteiger charge is -2.15. The van der Waals surface area contributed by atoms with Crippen molar-refractivity contribution in [3.05, 3.63) is 87.5 Å². The molecule has 0 bridgehead atoms. The van der Waals surface area contributed by atoms with Crippen molar-refractivity contribution in [3.8, 4) is 22.7 Å². The third kappa shape index (κ3) is 3.82. The van der Waals surface area contributed by atoms with Crippen LogP contribution in [0.25, 0.3) is 16.9 Å². The molecule has 1 aliphatic carbocycles.